The maximum absolute atomic E-state index is 5.64. The molecule has 64 valence electrons. The van der Waals surface area contributed by atoms with Gasteiger partial charge in [-0.25, -0.2) is 0 Å². The van der Waals surface area contributed by atoms with E-state index in [-0.39, 0.29) is 12.4 Å². The van der Waals surface area contributed by atoms with Gasteiger partial charge in [0, 0.05) is 6.20 Å². The predicted molar refractivity (Wildman–Crippen MR) is 50.7 cm³/mol. The minimum atomic E-state index is 0. The van der Waals surface area contributed by atoms with Crippen molar-refractivity contribution in [1.29, 1.82) is 0 Å². The highest BCUT2D eigenvalue weighted by molar-refractivity contribution is 6.17. The van der Waals surface area contributed by atoms with Crippen molar-refractivity contribution in [1.82, 2.24) is 15.2 Å². The SMILES string of the molecule is Cl.ClCc1[nH]nc2cccnc12. The first kappa shape index (κ1) is 9.29. The molecule has 5 heteroatoms. The van der Waals surface area contributed by atoms with E-state index in [9.17, 15) is 0 Å². The molecule has 12 heavy (non-hydrogen) atoms. The molecule has 0 aliphatic heterocycles. The Balaban J connectivity index is 0.000000720. The summed E-state index contributed by atoms with van der Waals surface area (Å²) < 4.78 is 0. The highest BCUT2D eigenvalue weighted by Gasteiger charge is 2.02. The number of hydrogen-bond donors (Lipinski definition) is 1. The van der Waals surface area contributed by atoms with E-state index < -0.39 is 0 Å². The number of H-pyrrole nitrogens is 1. The van der Waals surface area contributed by atoms with Crippen LogP contribution in [0.5, 0.6) is 0 Å². The summed E-state index contributed by atoms with van der Waals surface area (Å²) in [6, 6.07) is 3.75. The van der Waals surface area contributed by atoms with E-state index in [1.165, 1.54) is 0 Å². The van der Waals surface area contributed by atoms with Gasteiger partial charge in [0.15, 0.2) is 0 Å². The third-order valence-electron chi connectivity index (χ3n) is 1.52. The fourth-order valence-corrected chi connectivity index (χ4v) is 1.18. The molecule has 0 aliphatic rings. The van der Waals surface area contributed by atoms with Crippen LogP contribution in [0.4, 0.5) is 0 Å². The van der Waals surface area contributed by atoms with E-state index in [2.05, 4.69) is 15.2 Å². The summed E-state index contributed by atoms with van der Waals surface area (Å²) >= 11 is 5.64. The quantitative estimate of drug-likeness (QED) is 0.722. The van der Waals surface area contributed by atoms with Crippen LogP contribution in [0.1, 0.15) is 5.69 Å². The summed E-state index contributed by atoms with van der Waals surface area (Å²) in [7, 11) is 0. The largest absolute Gasteiger partial charge is 0.278 e. The Bertz CT molecular complexity index is 371. The topological polar surface area (TPSA) is 41.6 Å². The lowest BCUT2D eigenvalue weighted by molar-refractivity contribution is 1.05. The van der Waals surface area contributed by atoms with Crippen molar-refractivity contribution in [3.8, 4) is 0 Å². The van der Waals surface area contributed by atoms with Gasteiger partial charge in [0.1, 0.15) is 11.0 Å². The van der Waals surface area contributed by atoms with E-state index in [4.69, 9.17) is 11.6 Å². The molecule has 0 atom stereocenters. The molecule has 3 nitrogen and oxygen atoms in total. The van der Waals surface area contributed by atoms with Gasteiger partial charge in [-0.2, -0.15) is 5.10 Å². The molecule has 0 radical (unpaired) electrons. The summed E-state index contributed by atoms with van der Waals surface area (Å²) in [5.74, 6) is 0.424. The normalized spacial score (nSPS) is 9.75. The van der Waals surface area contributed by atoms with Crippen LogP contribution in [0.2, 0.25) is 0 Å². The number of hydrogen-bond acceptors (Lipinski definition) is 2. The van der Waals surface area contributed by atoms with E-state index in [1.807, 2.05) is 12.1 Å². The van der Waals surface area contributed by atoms with E-state index in [1.54, 1.807) is 6.20 Å². The highest BCUT2D eigenvalue weighted by Crippen LogP contribution is 2.12. The molecule has 2 aromatic rings. The predicted octanol–water partition coefficient (Wildman–Crippen LogP) is 2.12. The Morgan fingerprint density at radius 1 is 1.50 bits per heavy atom. The second-order valence-electron chi connectivity index (χ2n) is 2.21. The third kappa shape index (κ3) is 1.38. The molecule has 2 aromatic heterocycles. The lowest BCUT2D eigenvalue weighted by Crippen LogP contribution is -1.79. The minimum absolute atomic E-state index is 0. The highest BCUT2D eigenvalue weighted by atomic mass is 35.5. The number of pyridine rings is 1. The minimum Gasteiger partial charge on any atom is -0.278 e. The molecular weight excluding hydrogens is 197 g/mol. The number of nitrogens with one attached hydrogen (secondary N) is 1. The standard InChI is InChI=1S/C7H6ClN3.ClH/c8-4-6-7-5(10-11-6)2-1-3-9-7;/h1-3H,4H2,(H,10,11);1H. The van der Waals surface area contributed by atoms with Crippen LogP contribution < -0.4 is 0 Å². The lowest BCUT2D eigenvalue weighted by atomic mass is 10.3. The molecule has 0 saturated heterocycles. The first-order valence-electron chi connectivity index (χ1n) is 3.26. The zero-order valence-electron chi connectivity index (χ0n) is 6.12. The third-order valence-corrected chi connectivity index (χ3v) is 1.78. The average Bonchev–Trinajstić information content (AvgIpc) is 2.47. The smallest absolute Gasteiger partial charge is 0.112 e. The van der Waals surface area contributed by atoms with Crippen LogP contribution in [0.3, 0.4) is 0 Å². The zero-order chi connectivity index (χ0) is 7.68. The van der Waals surface area contributed by atoms with Gasteiger partial charge >= 0.3 is 0 Å². The summed E-state index contributed by atoms with van der Waals surface area (Å²) in [5, 5.41) is 6.84. The van der Waals surface area contributed by atoms with Crippen LogP contribution in [0.15, 0.2) is 18.3 Å². The van der Waals surface area contributed by atoms with Crippen molar-refractivity contribution >= 4 is 35.0 Å². The Labute approximate surface area is 80.6 Å². The number of rotatable bonds is 1. The van der Waals surface area contributed by atoms with Crippen LogP contribution in [-0.2, 0) is 5.88 Å². The van der Waals surface area contributed by atoms with Crippen molar-refractivity contribution in [3.05, 3.63) is 24.0 Å². The molecule has 0 spiro atoms. The van der Waals surface area contributed by atoms with Gasteiger partial charge in [0.05, 0.1) is 11.6 Å². The van der Waals surface area contributed by atoms with Crippen molar-refractivity contribution in [2.24, 2.45) is 0 Å². The van der Waals surface area contributed by atoms with Gasteiger partial charge in [0.25, 0.3) is 0 Å². The maximum Gasteiger partial charge on any atom is 0.112 e. The maximum atomic E-state index is 5.64. The van der Waals surface area contributed by atoms with Gasteiger partial charge in [0.2, 0.25) is 0 Å². The molecule has 2 rings (SSSR count). The monoisotopic (exact) mass is 203 g/mol. The molecule has 1 N–H and O–H groups in total. The van der Waals surface area contributed by atoms with Gasteiger partial charge in [-0.05, 0) is 12.1 Å². The van der Waals surface area contributed by atoms with Gasteiger partial charge in [-0.1, -0.05) is 0 Å². The van der Waals surface area contributed by atoms with Crippen molar-refractivity contribution in [2.75, 3.05) is 0 Å². The molecule has 0 unspecified atom stereocenters. The van der Waals surface area contributed by atoms with Crippen LogP contribution in [0.25, 0.3) is 11.0 Å². The fourth-order valence-electron chi connectivity index (χ4n) is 0.993. The Morgan fingerprint density at radius 2 is 2.33 bits per heavy atom. The summed E-state index contributed by atoms with van der Waals surface area (Å²) in [6.45, 7) is 0. The van der Waals surface area contributed by atoms with Gasteiger partial charge in [-0.15, -0.1) is 24.0 Å². The molecule has 0 fully saturated rings. The van der Waals surface area contributed by atoms with Gasteiger partial charge < -0.3 is 0 Å². The molecule has 0 bridgehead atoms. The molecule has 0 amide bonds. The second-order valence-corrected chi connectivity index (χ2v) is 2.47. The Hall–Kier alpha value is -0.800. The van der Waals surface area contributed by atoms with Crippen molar-refractivity contribution in [3.63, 3.8) is 0 Å². The summed E-state index contributed by atoms with van der Waals surface area (Å²) in [6.07, 6.45) is 1.73. The summed E-state index contributed by atoms with van der Waals surface area (Å²) in [5.41, 5.74) is 2.60. The first-order valence-corrected chi connectivity index (χ1v) is 3.79. The summed E-state index contributed by atoms with van der Waals surface area (Å²) in [4.78, 5) is 4.13. The number of fused-ring (bicyclic) bond motifs is 1. The number of nitrogens with zero attached hydrogens (tertiary/aromatic N) is 2. The molecular formula is C7H7Cl2N3. The van der Waals surface area contributed by atoms with Crippen molar-refractivity contribution < 1.29 is 0 Å². The van der Waals surface area contributed by atoms with Crippen LogP contribution >= 0.6 is 24.0 Å². The van der Waals surface area contributed by atoms with Crippen molar-refractivity contribution in [2.45, 2.75) is 5.88 Å². The number of aromatic nitrogens is 3. The van der Waals surface area contributed by atoms with E-state index in [0.717, 1.165) is 16.7 Å². The lowest BCUT2D eigenvalue weighted by Gasteiger charge is -1.86. The zero-order valence-corrected chi connectivity index (χ0v) is 7.69. The molecule has 2 heterocycles. The Morgan fingerprint density at radius 3 is 3.08 bits per heavy atom. The first-order chi connectivity index (χ1) is 5.42. The average molecular weight is 204 g/mol. The molecule has 0 aliphatic carbocycles. The van der Waals surface area contributed by atoms with E-state index in [0.29, 0.717) is 5.88 Å². The Kier molecular flexibility index (Phi) is 2.89. The number of alkyl halides is 1. The fraction of sp³-hybridized carbons (Fsp3) is 0.143. The van der Waals surface area contributed by atoms with Crippen LogP contribution in [0, 0.1) is 0 Å². The number of halogens is 2. The second kappa shape index (κ2) is 3.74. The van der Waals surface area contributed by atoms with Gasteiger partial charge in [-0.3, -0.25) is 10.1 Å². The van der Waals surface area contributed by atoms with E-state index >= 15 is 0 Å². The number of aromatic amines is 1. The molecule has 0 saturated carbocycles. The van der Waals surface area contributed by atoms with Crippen LogP contribution in [-0.4, -0.2) is 15.2 Å². The molecule has 0 aromatic carbocycles.